The first-order chi connectivity index (χ1) is 9.86. The van der Waals surface area contributed by atoms with Gasteiger partial charge in [0.05, 0.1) is 11.7 Å². The molecule has 0 spiro atoms. The van der Waals surface area contributed by atoms with Crippen molar-refractivity contribution < 1.29 is 4.74 Å². The topological polar surface area (TPSA) is 63.9 Å². The normalized spacial score (nSPS) is 10.8. The maximum absolute atomic E-state index is 5.75. The second kappa shape index (κ2) is 5.75. The molecule has 3 N–H and O–H groups in total. The van der Waals surface area contributed by atoms with Crippen molar-refractivity contribution in [2.75, 3.05) is 6.54 Å². The van der Waals surface area contributed by atoms with Crippen LogP contribution in [-0.4, -0.2) is 16.5 Å². The Morgan fingerprint density at radius 2 is 2.05 bits per heavy atom. The second-order valence-corrected chi connectivity index (χ2v) is 4.69. The van der Waals surface area contributed by atoms with E-state index in [1.54, 1.807) is 6.20 Å². The lowest BCUT2D eigenvalue weighted by molar-refractivity contribution is 0.294. The molecule has 0 fully saturated rings. The number of ether oxygens (including phenoxy) is 1. The Balaban J connectivity index is 1.79. The fraction of sp³-hybridized carbons (Fsp3) is 0.188. The molecule has 4 nitrogen and oxygen atoms in total. The molecule has 0 amide bonds. The van der Waals surface area contributed by atoms with Gasteiger partial charge in [0, 0.05) is 17.6 Å². The molecule has 4 heteroatoms. The van der Waals surface area contributed by atoms with Crippen LogP contribution in [0.2, 0.25) is 0 Å². The number of benzene rings is 1. The van der Waals surface area contributed by atoms with Crippen LogP contribution in [0, 0.1) is 0 Å². The Morgan fingerprint density at radius 3 is 2.85 bits per heavy atom. The highest BCUT2D eigenvalue weighted by molar-refractivity contribution is 5.83. The summed E-state index contributed by atoms with van der Waals surface area (Å²) in [6, 6.07) is 12.0. The quantitative estimate of drug-likeness (QED) is 0.747. The zero-order chi connectivity index (χ0) is 13.8. The molecule has 0 bridgehead atoms. The third-order valence-corrected chi connectivity index (χ3v) is 3.27. The van der Waals surface area contributed by atoms with E-state index in [4.69, 9.17) is 10.5 Å². The lowest BCUT2D eigenvalue weighted by Gasteiger charge is -2.05. The van der Waals surface area contributed by atoms with Crippen LogP contribution in [0.1, 0.15) is 11.1 Å². The zero-order valence-electron chi connectivity index (χ0n) is 11.2. The van der Waals surface area contributed by atoms with Crippen LogP contribution >= 0.6 is 0 Å². The number of nitrogens with one attached hydrogen (secondary N) is 1. The highest BCUT2D eigenvalue weighted by Gasteiger charge is 2.06. The Morgan fingerprint density at radius 1 is 1.20 bits per heavy atom. The second-order valence-electron chi connectivity index (χ2n) is 4.69. The fourth-order valence-electron chi connectivity index (χ4n) is 2.23. The maximum Gasteiger partial charge on any atom is 0.214 e. The molecule has 0 radical (unpaired) electrons. The molecule has 0 atom stereocenters. The summed E-state index contributed by atoms with van der Waals surface area (Å²) >= 11 is 0. The number of rotatable bonds is 5. The van der Waals surface area contributed by atoms with Gasteiger partial charge in [-0.2, -0.15) is 0 Å². The smallest absolute Gasteiger partial charge is 0.214 e. The third-order valence-electron chi connectivity index (χ3n) is 3.27. The highest BCUT2D eigenvalue weighted by Crippen LogP contribution is 2.22. The largest absolute Gasteiger partial charge is 0.473 e. The van der Waals surface area contributed by atoms with Gasteiger partial charge in [0.2, 0.25) is 5.88 Å². The predicted octanol–water partition coefficient (Wildman–Crippen LogP) is 2.64. The average Bonchev–Trinajstić information content (AvgIpc) is 2.89. The molecule has 0 aliphatic rings. The van der Waals surface area contributed by atoms with Crippen molar-refractivity contribution in [3.63, 3.8) is 0 Å². The minimum atomic E-state index is 0.524. The summed E-state index contributed by atoms with van der Waals surface area (Å²) in [6.45, 7) is 1.16. The van der Waals surface area contributed by atoms with Gasteiger partial charge in [-0.15, -0.1) is 0 Å². The number of pyridine rings is 1. The zero-order valence-corrected chi connectivity index (χ0v) is 11.2. The number of aromatic amines is 1. The van der Waals surface area contributed by atoms with Crippen LogP contribution in [0.4, 0.5) is 0 Å². The Hall–Kier alpha value is -2.33. The van der Waals surface area contributed by atoms with Gasteiger partial charge in [-0.3, -0.25) is 0 Å². The number of nitrogens with two attached hydrogens (primary N) is 1. The molecule has 0 aliphatic heterocycles. The van der Waals surface area contributed by atoms with Crippen LogP contribution in [0.3, 0.4) is 0 Å². The minimum absolute atomic E-state index is 0.524. The van der Waals surface area contributed by atoms with E-state index < -0.39 is 0 Å². The van der Waals surface area contributed by atoms with E-state index in [0.29, 0.717) is 19.0 Å². The highest BCUT2D eigenvalue weighted by atomic mass is 16.5. The van der Waals surface area contributed by atoms with E-state index in [1.165, 1.54) is 5.56 Å². The van der Waals surface area contributed by atoms with Gasteiger partial charge >= 0.3 is 0 Å². The molecule has 3 rings (SSSR count). The van der Waals surface area contributed by atoms with Crippen LogP contribution in [-0.2, 0) is 13.0 Å². The first kappa shape index (κ1) is 12.7. The van der Waals surface area contributed by atoms with E-state index in [0.717, 1.165) is 22.9 Å². The van der Waals surface area contributed by atoms with Gasteiger partial charge in [-0.1, -0.05) is 30.3 Å². The van der Waals surface area contributed by atoms with Crippen molar-refractivity contribution in [3.8, 4) is 5.88 Å². The van der Waals surface area contributed by atoms with Crippen molar-refractivity contribution in [2.24, 2.45) is 5.73 Å². The van der Waals surface area contributed by atoms with Crippen molar-refractivity contribution >= 4 is 10.9 Å². The summed E-state index contributed by atoms with van der Waals surface area (Å²) < 4.78 is 5.75. The maximum atomic E-state index is 5.75. The summed E-state index contributed by atoms with van der Waals surface area (Å²) in [7, 11) is 0. The monoisotopic (exact) mass is 267 g/mol. The van der Waals surface area contributed by atoms with E-state index >= 15 is 0 Å². The van der Waals surface area contributed by atoms with E-state index in [9.17, 15) is 0 Å². The lowest BCUT2D eigenvalue weighted by Crippen LogP contribution is -2.02. The third kappa shape index (κ3) is 2.65. The van der Waals surface area contributed by atoms with E-state index in [1.807, 2.05) is 42.6 Å². The predicted molar refractivity (Wildman–Crippen MR) is 79.6 cm³/mol. The number of H-pyrrole nitrogens is 1. The van der Waals surface area contributed by atoms with Crippen LogP contribution < -0.4 is 10.5 Å². The minimum Gasteiger partial charge on any atom is -0.473 e. The fourth-order valence-corrected chi connectivity index (χ4v) is 2.23. The van der Waals surface area contributed by atoms with Crippen molar-refractivity contribution in [3.05, 3.63) is 59.9 Å². The molecule has 20 heavy (non-hydrogen) atoms. The van der Waals surface area contributed by atoms with Crippen LogP contribution in [0.15, 0.2) is 48.8 Å². The number of nitrogens with zero attached hydrogens (tertiary/aromatic N) is 1. The summed E-state index contributed by atoms with van der Waals surface area (Å²) in [6.07, 6.45) is 4.64. The number of hydrogen-bond acceptors (Lipinski definition) is 3. The molecule has 0 saturated carbocycles. The summed E-state index contributed by atoms with van der Waals surface area (Å²) in [4.78, 5) is 7.51. The first-order valence-electron chi connectivity index (χ1n) is 6.69. The molecule has 0 saturated heterocycles. The van der Waals surface area contributed by atoms with Gasteiger partial charge in [-0.05, 0) is 24.1 Å². The number of fused-ring (bicyclic) bond motifs is 1. The Kier molecular flexibility index (Phi) is 3.65. The lowest BCUT2D eigenvalue weighted by atomic mass is 10.1. The average molecular weight is 267 g/mol. The Labute approximate surface area is 117 Å². The molecule has 102 valence electrons. The summed E-state index contributed by atoms with van der Waals surface area (Å²) in [5.74, 6) is 0.638. The SMILES string of the molecule is NCCc1c[nH]c2cnc(OCc3ccccc3)cc12. The summed E-state index contributed by atoms with van der Waals surface area (Å²) in [5.41, 5.74) is 8.97. The van der Waals surface area contributed by atoms with Gasteiger partial charge < -0.3 is 15.5 Å². The molecule has 2 aromatic heterocycles. The van der Waals surface area contributed by atoms with Gasteiger partial charge in [-0.25, -0.2) is 4.98 Å². The number of hydrogen-bond donors (Lipinski definition) is 2. The van der Waals surface area contributed by atoms with Crippen LogP contribution in [0.25, 0.3) is 10.9 Å². The first-order valence-corrected chi connectivity index (χ1v) is 6.69. The van der Waals surface area contributed by atoms with Gasteiger partial charge in [0.1, 0.15) is 6.61 Å². The molecule has 0 unspecified atom stereocenters. The van der Waals surface area contributed by atoms with Gasteiger partial charge in [0.25, 0.3) is 0 Å². The molecule has 3 aromatic rings. The van der Waals surface area contributed by atoms with Gasteiger partial charge in [0.15, 0.2) is 0 Å². The van der Waals surface area contributed by atoms with E-state index in [2.05, 4.69) is 9.97 Å². The molecular weight excluding hydrogens is 250 g/mol. The Bertz CT molecular complexity index is 691. The summed E-state index contributed by atoms with van der Waals surface area (Å²) in [5, 5.41) is 1.13. The molecule has 2 heterocycles. The standard InChI is InChI=1S/C16H17N3O/c17-7-6-13-9-18-15-10-19-16(8-14(13)15)20-11-12-4-2-1-3-5-12/h1-5,8-10,18H,6-7,11,17H2. The van der Waals surface area contributed by atoms with Crippen molar-refractivity contribution in [1.29, 1.82) is 0 Å². The van der Waals surface area contributed by atoms with Crippen LogP contribution in [0.5, 0.6) is 5.88 Å². The molecule has 0 aliphatic carbocycles. The molecular formula is C16H17N3O. The van der Waals surface area contributed by atoms with E-state index in [-0.39, 0.29) is 0 Å². The van der Waals surface area contributed by atoms with Crippen molar-refractivity contribution in [2.45, 2.75) is 13.0 Å². The number of aromatic nitrogens is 2. The molecule has 1 aromatic carbocycles. The van der Waals surface area contributed by atoms with Crippen molar-refractivity contribution in [1.82, 2.24) is 9.97 Å².